The van der Waals surface area contributed by atoms with Crippen LogP contribution in [0.2, 0.25) is 0 Å². The number of benzene rings is 2. The molecule has 0 spiro atoms. The molecule has 0 aliphatic carbocycles. The minimum atomic E-state index is -0.596. The van der Waals surface area contributed by atoms with Crippen molar-refractivity contribution in [3.05, 3.63) is 62.7 Å². The van der Waals surface area contributed by atoms with E-state index in [1.807, 2.05) is 0 Å². The molecule has 0 saturated carbocycles. The highest BCUT2D eigenvalue weighted by Crippen LogP contribution is 2.22. The molecule has 1 N–H and O–H groups in total. The lowest BCUT2D eigenvalue weighted by Crippen LogP contribution is -2.15. The number of amides is 1. The summed E-state index contributed by atoms with van der Waals surface area (Å²) in [5.74, 6) is -1.62. The van der Waals surface area contributed by atoms with E-state index in [-0.39, 0.29) is 5.56 Å². The van der Waals surface area contributed by atoms with Crippen LogP contribution in [0.4, 0.5) is 14.5 Å². The van der Waals surface area contributed by atoms with E-state index >= 15 is 0 Å². The van der Waals surface area contributed by atoms with Crippen LogP contribution >= 0.6 is 22.6 Å². The van der Waals surface area contributed by atoms with E-state index in [0.717, 1.165) is 5.56 Å². The maximum Gasteiger partial charge on any atom is 0.258 e. The van der Waals surface area contributed by atoms with Crippen LogP contribution < -0.4 is 5.32 Å². The van der Waals surface area contributed by atoms with Crippen LogP contribution in [0.1, 0.15) is 15.9 Å². The maximum absolute atomic E-state index is 13.6. The van der Waals surface area contributed by atoms with E-state index in [9.17, 15) is 13.6 Å². The third-order valence-electron chi connectivity index (χ3n) is 2.57. The third-order valence-corrected chi connectivity index (χ3v) is 3.67. The van der Waals surface area contributed by atoms with Gasteiger partial charge in [-0.3, -0.25) is 4.79 Å². The van der Waals surface area contributed by atoms with Crippen molar-refractivity contribution >= 4 is 34.2 Å². The topological polar surface area (TPSA) is 29.1 Å². The van der Waals surface area contributed by atoms with E-state index in [1.54, 1.807) is 41.6 Å². The molecule has 5 heteroatoms. The fourth-order valence-electron chi connectivity index (χ4n) is 1.59. The van der Waals surface area contributed by atoms with Crippen LogP contribution in [0.5, 0.6) is 0 Å². The molecule has 2 rings (SSSR count). The lowest BCUT2D eigenvalue weighted by Gasteiger charge is -2.08. The van der Waals surface area contributed by atoms with Crippen molar-refractivity contribution in [3.8, 4) is 0 Å². The van der Waals surface area contributed by atoms with Crippen molar-refractivity contribution in [2.24, 2.45) is 0 Å². The van der Waals surface area contributed by atoms with Gasteiger partial charge in [0.25, 0.3) is 5.91 Å². The summed E-state index contributed by atoms with van der Waals surface area (Å²) < 4.78 is 27.3. The minimum Gasteiger partial charge on any atom is -0.321 e. The number of anilines is 1. The second kappa shape index (κ2) is 5.64. The van der Waals surface area contributed by atoms with Gasteiger partial charge in [0.1, 0.15) is 11.6 Å². The third kappa shape index (κ3) is 3.09. The molecule has 0 bridgehead atoms. The Bertz CT molecular complexity index is 643. The molecule has 0 saturated heterocycles. The standard InChI is InChI=1S/C14H10F2INO/c1-8-5-6-9(11(16)7-8)14(19)18-12-4-2-3-10(15)13(12)17/h2-7H,1H3,(H,18,19). The molecular weight excluding hydrogens is 363 g/mol. The number of carbonyl (C=O) groups is 1. The number of hydrogen-bond donors (Lipinski definition) is 1. The Morgan fingerprint density at radius 1 is 1.16 bits per heavy atom. The molecule has 0 unspecified atom stereocenters. The van der Waals surface area contributed by atoms with Gasteiger partial charge in [0.05, 0.1) is 14.8 Å². The summed E-state index contributed by atoms with van der Waals surface area (Å²) in [7, 11) is 0. The Balaban J connectivity index is 2.28. The lowest BCUT2D eigenvalue weighted by molar-refractivity contribution is 0.102. The highest BCUT2D eigenvalue weighted by molar-refractivity contribution is 14.1. The molecular formula is C14H10F2INO. The molecule has 0 heterocycles. The number of carbonyl (C=O) groups excluding carboxylic acids is 1. The lowest BCUT2D eigenvalue weighted by atomic mass is 10.1. The molecule has 0 fully saturated rings. The molecule has 0 aliphatic heterocycles. The first-order valence-electron chi connectivity index (χ1n) is 5.50. The van der Waals surface area contributed by atoms with Gasteiger partial charge in [0.15, 0.2) is 0 Å². The van der Waals surface area contributed by atoms with Gasteiger partial charge in [-0.1, -0.05) is 12.1 Å². The van der Waals surface area contributed by atoms with Gasteiger partial charge >= 0.3 is 0 Å². The van der Waals surface area contributed by atoms with E-state index in [0.29, 0.717) is 9.26 Å². The fourth-order valence-corrected chi connectivity index (χ4v) is 2.09. The van der Waals surface area contributed by atoms with Gasteiger partial charge < -0.3 is 5.32 Å². The van der Waals surface area contributed by atoms with Gasteiger partial charge in [-0.25, -0.2) is 8.78 Å². The normalized spacial score (nSPS) is 10.3. The first-order chi connectivity index (χ1) is 8.99. The molecule has 0 radical (unpaired) electrons. The molecule has 1 amide bonds. The molecule has 0 aliphatic rings. The summed E-state index contributed by atoms with van der Waals surface area (Å²) in [6.45, 7) is 1.74. The summed E-state index contributed by atoms with van der Waals surface area (Å²) in [4.78, 5) is 11.9. The minimum absolute atomic E-state index is 0.0642. The Hall–Kier alpha value is -1.50. The number of hydrogen-bond acceptors (Lipinski definition) is 1. The van der Waals surface area contributed by atoms with E-state index in [4.69, 9.17) is 0 Å². The monoisotopic (exact) mass is 373 g/mol. The zero-order valence-corrected chi connectivity index (χ0v) is 12.2. The van der Waals surface area contributed by atoms with Crippen molar-refractivity contribution < 1.29 is 13.6 Å². The number of aryl methyl sites for hydroxylation is 1. The quantitative estimate of drug-likeness (QED) is 0.789. The SMILES string of the molecule is Cc1ccc(C(=O)Nc2cccc(F)c2I)c(F)c1. The predicted octanol–water partition coefficient (Wildman–Crippen LogP) is 4.13. The van der Waals surface area contributed by atoms with E-state index in [2.05, 4.69) is 5.32 Å². The van der Waals surface area contributed by atoms with Crippen LogP contribution in [-0.2, 0) is 0 Å². The van der Waals surface area contributed by atoms with Crippen LogP contribution in [-0.4, -0.2) is 5.91 Å². The molecule has 2 aromatic rings. The van der Waals surface area contributed by atoms with Gasteiger partial charge in [0.2, 0.25) is 0 Å². The smallest absolute Gasteiger partial charge is 0.258 e. The Morgan fingerprint density at radius 2 is 1.89 bits per heavy atom. The second-order valence-corrected chi connectivity index (χ2v) is 5.12. The first-order valence-corrected chi connectivity index (χ1v) is 6.58. The highest BCUT2D eigenvalue weighted by Gasteiger charge is 2.14. The average Bonchev–Trinajstić information content (AvgIpc) is 2.34. The molecule has 0 atom stereocenters. The van der Waals surface area contributed by atoms with Crippen LogP contribution in [0, 0.1) is 22.1 Å². The highest BCUT2D eigenvalue weighted by atomic mass is 127. The largest absolute Gasteiger partial charge is 0.321 e. The Morgan fingerprint density at radius 3 is 2.58 bits per heavy atom. The molecule has 19 heavy (non-hydrogen) atoms. The van der Waals surface area contributed by atoms with Crippen molar-refractivity contribution in [1.29, 1.82) is 0 Å². The maximum atomic E-state index is 13.6. The number of halogens is 3. The van der Waals surface area contributed by atoms with Gasteiger partial charge in [0, 0.05) is 0 Å². The van der Waals surface area contributed by atoms with Gasteiger partial charge in [-0.2, -0.15) is 0 Å². The van der Waals surface area contributed by atoms with Gasteiger partial charge in [-0.05, 0) is 59.3 Å². The van der Waals surface area contributed by atoms with E-state index in [1.165, 1.54) is 24.3 Å². The predicted molar refractivity (Wildman–Crippen MR) is 78.2 cm³/mol. The molecule has 2 nitrogen and oxygen atoms in total. The van der Waals surface area contributed by atoms with E-state index < -0.39 is 17.5 Å². The number of rotatable bonds is 2. The number of nitrogens with one attached hydrogen (secondary N) is 1. The summed E-state index contributed by atoms with van der Waals surface area (Å²) in [6.07, 6.45) is 0. The summed E-state index contributed by atoms with van der Waals surface area (Å²) in [5.41, 5.74) is 0.991. The summed E-state index contributed by atoms with van der Waals surface area (Å²) in [6, 6.07) is 8.68. The molecule has 0 aromatic heterocycles. The van der Waals surface area contributed by atoms with Crippen molar-refractivity contribution in [2.45, 2.75) is 6.92 Å². The zero-order chi connectivity index (χ0) is 14.0. The van der Waals surface area contributed by atoms with Crippen LogP contribution in [0.25, 0.3) is 0 Å². The molecule has 98 valence electrons. The molecule has 2 aromatic carbocycles. The zero-order valence-electron chi connectivity index (χ0n) is 10.0. The fraction of sp³-hybridized carbons (Fsp3) is 0.0714. The van der Waals surface area contributed by atoms with Gasteiger partial charge in [-0.15, -0.1) is 0 Å². The first kappa shape index (κ1) is 13.9. The van der Waals surface area contributed by atoms with Crippen LogP contribution in [0.15, 0.2) is 36.4 Å². The average molecular weight is 373 g/mol. The Labute approximate surface area is 123 Å². The second-order valence-electron chi connectivity index (χ2n) is 4.04. The Kier molecular flexibility index (Phi) is 4.14. The van der Waals surface area contributed by atoms with Crippen molar-refractivity contribution in [2.75, 3.05) is 5.32 Å². The van der Waals surface area contributed by atoms with Crippen molar-refractivity contribution in [1.82, 2.24) is 0 Å². The summed E-state index contributed by atoms with van der Waals surface area (Å²) >= 11 is 1.79. The summed E-state index contributed by atoms with van der Waals surface area (Å²) in [5, 5.41) is 2.50. The van der Waals surface area contributed by atoms with Crippen molar-refractivity contribution in [3.63, 3.8) is 0 Å². The van der Waals surface area contributed by atoms with Crippen LogP contribution in [0.3, 0.4) is 0 Å².